The summed E-state index contributed by atoms with van der Waals surface area (Å²) >= 11 is 8.55. The third-order valence-corrected chi connectivity index (χ3v) is 2.34. The normalized spacial score (nSPS) is 8.91. The lowest BCUT2D eigenvalue weighted by Crippen LogP contribution is -1.79. The minimum atomic E-state index is -0.934. The van der Waals surface area contributed by atoms with Gasteiger partial charge in [-0.15, -0.1) is 0 Å². The molecule has 0 aliphatic rings. The SMILES string of the molecule is Fc1ccc(N=C=S)cc1F.Fc1ccc(N=C=S)cc1F. The third kappa shape index (κ3) is 5.63. The van der Waals surface area contributed by atoms with E-state index in [-0.39, 0.29) is 11.4 Å². The predicted octanol–water partition coefficient (Wildman–Crippen LogP) is 5.40. The van der Waals surface area contributed by atoms with Crippen LogP contribution < -0.4 is 0 Å². The van der Waals surface area contributed by atoms with E-state index in [9.17, 15) is 17.6 Å². The second-order valence-corrected chi connectivity index (χ2v) is 3.97. The van der Waals surface area contributed by atoms with Gasteiger partial charge in [0.2, 0.25) is 0 Å². The summed E-state index contributed by atoms with van der Waals surface area (Å²) in [5, 5.41) is 4.10. The molecule has 0 aromatic heterocycles. The zero-order valence-corrected chi connectivity index (χ0v) is 12.3. The van der Waals surface area contributed by atoms with Crippen LogP contribution >= 0.6 is 24.4 Å². The zero-order chi connectivity index (χ0) is 16.5. The minimum Gasteiger partial charge on any atom is -0.204 e. The number of hydrogen-bond acceptors (Lipinski definition) is 4. The highest BCUT2D eigenvalue weighted by Gasteiger charge is 2.00. The predicted molar refractivity (Wildman–Crippen MR) is 82.1 cm³/mol. The maximum atomic E-state index is 12.4. The van der Waals surface area contributed by atoms with Crippen molar-refractivity contribution < 1.29 is 17.6 Å². The smallest absolute Gasteiger partial charge is 0.161 e. The fourth-order valence-corrected chi connectivity index (χ4v) is 1.43. The van der Waals surface area contributed by atoms with Crippen LogP contribution in [0.3, 0.4) is 0 Å². The third-order valence-electron chi connectivity index (χ3n) is 2.16. The van der Waals surface area contributed by atoms with Crippen molar-refractivity contribution in [3.63, 3.8) is 0 Å². The zero-order valence-electron chi connectivity index (χ0n) is 10.7. The molecule has 0 amide bonds. The first-order valence-corrected chi connectivity index (χ1v) is 6.35. The number of nitrogens with zero attached hydrogens (tertiary/aromatic N) is 2. The standard InChI is InChI=1S/2C7H3F2NS/c2*8-6-2-1-5(10-4-11)3-7(6)9/h2*1-3H. The van der Waals surface area contributed by atoms with Gasteiger partial charge in [-0.05, 0) is 48.7 Å². The highest BCUT2D eigenvalue weighted by Crippen LogP contribution is 2.15. The monoisotopic (exact) mass is 342 g/mol. The Morgan fingerprint density at radius 1 is 0.636 bits per heavy atom. The van der Waals surface area contributed by atoms with Gasteiger partial charge in [0.1, 0.15) is 0 Å². The van der Waals surface area contributed by atoms with Crippen LogP contribution in [0, 0.1) is 23.3 Å². The number of rotatable bonds is 2. The maximum Gasteiger partial charge on any atom is 0.161 e. The molecule has 22 heavy (non-hydrogen) atoms. The number of hydrogen-bond donors (Lipinski definition) is 0. The van der Waals surface area contributed by atoms with Crippen molar-refractivity contribution in [2.24, 2.45) is 9.98 Å². The lowest BCUT2D eigenvalue weighted by Gasteiger charge is -1.91. The summed E-state index contributed by atoms with van der Waals surface area (Å²) in [5.74, 6) is -3.66. The molecule has 0 atom stereocenters. The fraction of sp³-hybridized carbons (Fsp3) is 0. The molecule has 2 rings (SSSR count). The first kappa shape index (κ1) is 17.8. The van der Waals surface area contributed by atoms with Crippen LogP contribution in [0.15, 0.2) is 46.4 Å². The molecule has 0 radical (unpaired) electrons. The fourth-order valence-electron chi connectivity index (χ4n) is 1.21. The van der Waals surface area contributed by atoms with E-state index in [1.165, 1.54) is 12.1 Å². The Bertz CT molecular complexity index is 702. The van der Waals surface area contributed by atoms with Crippen LogP contribution in [0.5, 0.6) is 0 Å². The molecule has 2 aromatic rings. The molecule has 2 aromatic carbocycles. The summed E-state index contributed by atoms with van der Waals surface area (Å²) in [6, 6.07) is 6.51. The highest BCUT2D eigenvalue weighted by atomic mass is 32.1. The summed E-state index contributed by atoms with van der Waals surface area (Å²) in [6.07, 6.45) is 0. The van der Waals surface area contributed by atoms with Gasteiger partial charge in [0.05, 0.1) is 21.7 Å². The summed E-state index contributed by atoms with van der Waals surface area (Å²) in [7, 11) is 0. The molecule has 0 fully saturated rings. The molecular weight excluding hydrogens is 336 g/mol. The van der Waals surface area contributed by atoms with E-state index in [4.69, 9.17) is 0 Å². The minimum absolute atomic E-state index is 0.263. The van der Waals surface area contributed by atoms with Gasteiger partial charge >= 0.3 is 0 Å². The van der Waals surface area contributed by atoms with Crippen LogP contribution in [0.25, 0.3) is 0 Å². The molecule has 0 aliphatic carbocycles. The van der Waals surface area contributed by atoms with Crippen LogP contribution in [-0.4, -0.2) is 10.3 Å². The Balaban J connectivity index is 0.000000220. The van der Waals surface area contributed by atoms with E-state index in [1.54, 1.807) is 0 Å². The van der Waals surface area contributed by atoms with E-state index < -0.39 is 23.3 Å². The molecule has 0 saturated heterocycles. The second kappa shape index (κ2) is 8.92. The second-order valence-electron chi connectivity index (χ2n) is 3.60. The number of halogens is 4. The Morgan fingerprint density at radius 2 is 1.00 bits per heavy atom. The molecule has 0 N–H and O–H groups in total. The van der Waals surface area contributed by atoms with Gasteiger partial charge < -0.3 is 0 Å². The Hall–Kier alpha value is -2.24. The van der Waals surface area contributed by atoms with Gasteiger partial charge in [-0.25, -0.2) is 17.6 Å². The van der Waals surface area contributed by atoms with Crippen molar-refractivity contribution in [2.75, 3.05) is 0 Å². The van der Waals surface area contributed by atoms with E-state index in [2.05, 4.69) is 34.4 Å². The molecule has 0 saturated carbocycles. The molecule has 0 spiro atoms. The Kier molecular flexibility index (Phi) is 7.22. The molecule has 8 heteroatoms. The molecule has 0 aliphatic heterocycles. The van der Waals surface area contributed by atoms with Crippen molar-refractivity contribution in [2.45, 2.75) is 0 Å². The van der Waals surface area contributed by atoms with Gasteiger partial charge in [0.25, 0.3) is 0 Å². The van der Waals surface area contributed by atoms with Crippen molar-refractivity contribution in [3.05, 3.63) is 59.7 Å². The topological polar surface area (TPSA) is 24.7 Å². The van der Waals surface area contributed by atoms with Gasteiger partial charge in [0.15, 0.2) is 23.3 Å². The summed E-state index contributed by atoms with van der Waals surface area (Å²) in [5.41, 5.74) is 0.526. The lowest BCUT2D eigenvalue weighted by molar-refractivity contribution is 0.509. The van der Waals surface area contributed by atoms with Crippen molar-refractivity contribution >= 4 is 46.1 Å². The van der Waals surface area contributed by atoms with Crippen LogP contribution in [0.1, 0.15) is 0 Å². The summed E-state index contributed by atoms with van der Waals surface area (Å²) in [4.78, 5) is 6.93. The van der Waals surface area contributed by atoms with Crippen molar-refractivity contribution in [1.82, 2.24) is 0 Å². The van der Waals surface area contributed by atoms with E-state index in [0.29, 0.717) is 0 Å². The van der Waals surface area contributed by atoms with E-state index in [0.717, 1.165) is 24.3 Å². The maximum absolute atomic E-state index is 12.4. The highest BCUT2D eigenvalue weighted by molar-refractivity contribution is 7.78. The van der Waals surface area contributed by atoms with Gasteiger partial charge in [-0.3, -0.25) is 0 Å². The summed E-state index contributed by atoms with van der Waals surface area (Å²) in [6.45, 7) is 0. The van der Waals surface area contributed by atoms with Gasteiger partial charge in [0, 0.05) is 12.1 Å². The molecule has 0 bridgehead atoms. The van der Waals surface area contributed by atoms with E-state index in [1.807, 2.05) is 10.3 Å². The molecule has 2 nitrogen and oxygen atoms in total. The van der Waals surface area contributed by atoms with Crippen LogP contribution in [0.2, 0.25) is 0 Å². The number of benzene rings is 2. The number of aliphatic imine (C=N–C) groups is 2. The number of thiocarbonyl (C=S) groups is 2. The average molecular weight is 342 g/mol. The van der Waals surface area contributed by atoms with Crippen molar-refractivity contribution in [3.8, 4) is 0 Å². The van der Waals surface area contributed by atoms with Crippen molar-refractivity contribution in [1.29, 1.82) is 0 Å². The largest absolute Gasteiger partial charge is 0.204 e. The number of isothiocyanates is 2. The molecule has 0 heterocycles. The van der Waals surface area contributed by atoms with Crippen LogP contribution in [0.4, 0.5) is 28.9 Å². The molecule has 112 valence electrons. The van der Waals surface area contributed by atoms with Crippen LogP contribution in [-0.2, 0) is 0 Å². The first-order chi connectivity index (χ1) is 10.5. The quantitative estimate of drug-likeness (QED) is 0.415. The summed E-state index contributed by atoms with van der Waals surface area (Å²) < 4.78 is 49.4. The molecule has 0 unspecified atom stereocenters. The average Bonchev–Trinajstić information content (AvgIpc) is 2.48. The Labute approximate surface area is 133 Å². The van der Waals surface area contributed by atoms with Gasteiger partial charge in [-0.2, -0.15) is 9.98 Å². The molecular formula is C14H6F4N2S2. The first-order valence-electron chi connectivity index (χ1n) is 5.53. The lowest BCUT2D eigenvalue weighted by atomic mass is 10.3. The Morgan fingerprint density at radius 3 is 1.27 bits per heavy atom. The van der Waals surface area contributed by atoms with Gasteiger partial charge in [-0.1, -0.05) is 0 Å². The van der Waals surface area contributed by atoms with E-state index >= 15 is 0 Å².